The molecule has 0 radical (unpaired) electrons. The van der Waals surface area contributed by atoms with E-state index in [2.05, 4.69) is 66.6 Å². The molecular weight excluding hydrogens is 785 g/mol. The highest BCUT2D eigenvalue weighted by atomic mass is 32.2. The minimum atomic E-state index is -0.722. The maximum atomic E-state index is 11.7. The van der Waals surface area contributed by atoms with Crippen LogP contribution in [0.3, 0.4) is 0 Å². The van der Waals surface area contributed by atoms with Crippen LogP contribution in [0.1, 0.15) is 48.3 Å². The zero-order valence-electron chi connectivity index (χ0n) is 32.8. The molecule has 56 heavy (non-hydrogen) atoms. The van der Waals surface area contributed by atoms with Crippen molar-refractivity contribution >= 4 is 89.4 Å². The number of aryl methyl sites for hydroxylation is 2. The molecule has 1 N–H and O–H groups in total. The third-order valence-electron chi connectivity index (χ3n) is 9.28. The summed E-state index contributed by atoms with van der Waals surface area (Å²) in [5.74, 6) is -3.36. The highest BCUT2D eigenvalue weighted by Gasteiger charge is 2.34. The summed E-state index contributed by atoms with van der Waals surface area (Å²) in [5, 5.41) is 25.9. The van der Waals surface area contributed by atoms with E-state index in [1.165, 1.54) is 94.9 Å². The second kappa shape index (κ2) is 19.8. The molecule has 14 heteroatoms. The molecule has 0 amide bonds. The minimum absolute atomic E-state index is 0.00287. The maximum absolute atomic E-state index is 11.7. The smallest absolute Gasteiger partial charge is 0.239 e. The maximum Gasteiger partial charge on any atom is 0.239 e. The van der Waals surface area contributed by atoms with Gasteiger partial charge in [-0.1, -0.05) is 5.76 Å². The van der Waals surface area contributed by atoms with E-state index in [1.807, 2.05) is 59.6 Å². The van der Waals surface area contributed by atoms with Gasteiger partial charge in [-0.3, -0.25) is 19.2 Å². The van der Waals surface area contributed by atoms with Gasteiger partial charge in [-0.25, -0.2) is 9.15 Å². The summed E-state index contributed by atoms with van der Waals surface area (Å²) >= 11 is 6.53. The van der Waals surface area contributed by atoms with Crippen LogP contribution in [-0.4, -0.2) is 102 Å². The number of aliphatic hydroxyl groups is 1. The fourth-order valence-electron chi connectivity index (χ4n) is 6.28. The van der Waals surface area contributed by atoms with Crippen LogP contribution in [0.2, 0.25) is 0 Å². The number of rotatable bonds is 2. The first kappa shape index (κ1) is 42.9. The van der Waals surface area contributed by atoms with E-state index in [0.717, 1.165) is 35.3 Å². The fraction of sp³-hybridized carbons (Fsp3) is 0.381. The first-order valence-corrected chi connectivity index (χ1v) is 21.9. The SMILES string of the molecule is C[N+](C)=C1C=C/C(=C2/C(=O)C(=O)C=C2[O-])S1.Cc1ccc(N(C)C)s1.Cc1ccc(N2CCCCC2)s1.O=C1C=C(O)/C(=C2\C=CC(=[N+]3CCCCC3)S2)C1=O. The summed E-state index contributed by atoms with van der Waals surface area (Å²) in [6.07, 6.45) is 16.9. The summed E-state index contributed by atoms with van der Waals surface area (Å²) in [7, 11) is 7.86. The largest absolute Gasteiger partial charge is 0.872 e. The van der Waals surface area contributed by atoms with Crippen molar-refractivity contribution < 1.29 is 38.5 Å². The number of hydrogen-bond donors (Lipinski definition) is 1. The van der Waals surface area contributed by atoms with E-state index < -0.39 is 28.9 Å². The van der Waals surface area contributed by atoms with Crippen LogP contribution < -0.4 is 14.9 Å². The molecule has 2 aromatic rings. The van der Waals surface area contributed by atoms with Crippen LogP contribution in [0.25, 0.3) is 0 Å². The van der Waals surface area contributed by atoms with Gasteiger partial charge in [0, 0.05) is 83.4 Å². The first-order chi connectivity index (χ1) is 26.7. The Kier molecular flexibility index (Phi) is 15.1. The number of hydrogen-bond acceptors (Lipinski definition) is 12. The monoisotopic (exact) mass is 833 g/mol. The molecule has 296 valence electrons. The number of ketones is 4. The number of anilines is 2. The fourth-order valence-corrected chi connectivity index (χ4v) is 10.1. The number of Topliss-reactive ketones (excluding diaryl/α,β-unsaturated/α-hetero) is 2. The van der Waals surface area contributed by atoms with Gasteiger partial charge < -0.3 is 20.0 Å². The van der Waals surface area contributed by atoms with Gasteiger partial charge in [0.25, 0.3) is 0 Å². The third kappa shape index (κ3) is 11.0. The van der Waals surface area contributed by atoms with Crippen LogP contribution in [-0.2, 0) is 19.2 Å². The Bertz CT molecular complexity index is 2120. The lowest BCUT2D eigenvalue weighted by atomic mass is 10.1. The van der Waals surface area contributed by atoms with E-state index in [9.17, 15) is 29.4 Å². The number of piperidine rings is 2. The van der Waals surface area contributed by atoms with E-state index >= 15 is 0 Å². The Morgan fingerprint density at radius 1 is 0.732 bits per heavy atom. The van der Waals surface area contributed by atoms with Crippen molar-refractivity contribution in [2.24, 2.45) is 0 Å². The topological polar surface area (TPSA) is 124 Å². The number of carbonyl (C=O) groups excluding carboxylic acids is 4. The number of thiophene rings is 2. The molecule has 0 spiro atoms. The Morgan fingerprint density at radius 2 is 1.32 bits per heavy atom. The molecule has 0 unspecified atom stereocenters. The van der Waals surface area contributed by atoms with E-state index in [0.29, 0.717) is 9.81 Å². The van der Waals surface area contributed by atoms with Crippen LogP contribution in [0, 0.1) is 13.8 Å². The lowest BCUT2D eigenvalue weighted by Crippen LogP contribution is -2.28. The van der Waals surface area contributed by atoms with E-state index in [-0.39, 0.29) is 16.9 Å². The van der Waals surface area contributed by atoms with Crippen LogP contribution in [0.4, 0.5) is 10.0 Å². The molecule has 2 saturated heterocycles. The van der Waals surface area contributed by atoms with Crippen LogP contribution in [0.5, 0.6) is 0 Å². The number of carbonyl (C=O) groups is 4. The van der Waals surface area contributed by atoms with Crippen molar-refractivity contribution in [3.8, 4) is 0 Å². The van der Waals surface area contributed by atoms with Gasteiger partial charge in [-0.05, 0) is 106 Å². The summed E-state index contributed by atoms with van der Waals surface area (Å²) in [6.45, 7) is 8.89. The second-order valence-corrected chi connectivity index (χ2v) is 18.8. The molecule has 6 heterocycles. The Hall–Kier alpha value is -4.24. The molecule has 2 aromatic heterocycles. The predicted octanol–water partition coefficient (Wildman–Crippen LogP) is 6.51. The summed E-state index contributed by atoms with van der Waals surface area (Å²) < 4.78 is 4.17. The van der Waals surface area contributed by atoms with Gasteiger partial charge in [0.1, 0.15) is 32.9 Å². The second-order valence-electron chi connectivity index (χ2n) is 14.1. The molecule has 2 fully saturated rings. The number of aliphatic hydroxyl groups excluding tert-OH is 1. The van der Waals surface area contributed by atoms with Crippen molar-refractivity contribution in [1.29, 1.82) is 0 Å². The molecule has 8 rings (SSSR count). The summed E-state index contributed by atoms with van der Waals surface area (Å²) in [6, 6.07) is 8.75. The third-order valence-corrected chi connectivity index (χ3v) is 13.9. The zero-order valence-corrected chi connectivity index (χ0v) is 36.0. The Morgan fingerprint density at radius 3 is 1.82 bits per heavy atom. The van der Waals surface area contributed by atoms with Crippen molar-refractivity contribution in [3.05, 3.63) is 103 Å². The average molecular weight is 834 g/mol. The predicted molar refractivity (Wildman–Crippen MR) is 231 cm³/mol. The molecular formula is C42H49N4O6S4+. The molecule has 10 nitrogen and oxygen atoms in total. The van der Waals surface area contributed by atoms with Gasteiger partial charge >= 0.3 is 0 Å². The standard InChI is InChI=1S/C14H13NO3S.C11H9NO3S.C10H15NS.C7H11NS/c16-9-8-10(17)14(18)13(9)11-4-5-12(19-11)15-6-2-1-3-7-15;1-12(2)9-4-3-8(16-9)10-6(13)5-7(14)11(10)15;1-9-5-6-10(12-9)11-7-3-2-4-8-11;1-6-4-5-7(9-6)8(2)3/h4-5,8H,1-3,6-7H2;3-5H,1-2H3;5-6H,2-4,7-8H2,1H3;4-5H,1-3H3/p+1/b13-11-;10-8-;;. The number of allylic oxidation sites excluding steroid dienone is 6. The lowest BCUT2D eigenvalue weighted by Gasteiger charge is -2.27. The van der Waals surface area contributed by atoms with Crippen molar-refractivity contribution in [3.63, 3.8) is 0 Å². The van der Waals surface area contributed by atoms with E-state index in [4.69, 9.17) is 0 Å². The van der Waals surface area contributed by atoms with Gasteiger partial charge in [-0.2, -0.15) is 0 Å². The zero-order chi connectivity index (χ0) is 40.5. The summed E-state index contributed by atoms with van der Waals surface area (Å²) in [4.78, 5) is 54.1. The van der Waals surface area contributed by atoms with Crippen molar-refractivity contribution in [2.75, 3.05) is 64.2 Å². The van der Waals surface area contributed by atoms with Gasteiger partial charge in [0.05, 0.1) is 15.6 Å². The number of nitrogens with zero attached hydrogens (tertiary/aromatic N) is 4. The molecule has 6 aliphatic rings. The van der Waals surface area contributed by atoms with Crippen LogP contribution in [0.15, 0.2) is 93.2 Å². The summed E-state index contributed by atoms with van der Waals surface area (Å²) in [5.41, 5.74) is 0.154. The molecule has 2 aliphatic carbocycles. The number of thioether (sulfide) groups is 2. The minimum Gasteiger partial charge on any atom is -0.872 e. The van der Waals surface area contributed by atoms with Crippen LogP contribution >= 0.6 is 46.2 Å². The Labute approximate surface area is 345 Å². The van der Waals surface area contributed by atoms with Gasteiger partial charge in [0.15, 0.2) is 0 Å². The van der Waals surface area contributed by atoms with Gasteiger partial charge in [0.2, 0.25) is 33.2 Å². The van der Waals surface area contributed by atoms with Crippen molar-refractivity contribution in [2.45, 2.75) is 52.4 Å². The molecule has 0 saturated carbocycles. The molecule has 4 aliphatic heterocycles. The highest BCUT2D eigenvalue weighted by Crippen LogP contribution is 2.35. The quantitative estimate of drug-likeness (QED) is 0.204. The Balaban J connectivity index is 0.000000148. The van der Waals surface area contributed by atoms with Crippen molar-refractivity contribution in [1.82, 2.24) is 0 Å². The lowest BCUT2D eigenvalue weighted by molar-refractivity contribution is -0.534. The molecule has 0 bridgehead atoms. The average Bonchev–Trinajstić information content (AvgIpc) is 4.04. The van der Waals surface area contributed by atoms with E-state index in [1.54, 1.807) is 6.08 Å². The molecule has 0 atom stereocenters. The van der Waals surface area contributed by atoms with Gasteiger partial charge in [-0.15, -0.1) is 22.7 Å². The molecule has 0 aromatic carbocycles. The normalized spacial score (nSPS) is 21.8. The highest BCUT2D eigenvalue weighted by molar-refractivity contribution is 8.18. The first-order valence-electron chi connectivity index (χ1n) is 18.6.